The van der Waals surface area contributed by atoms with Gasteiger partial charge in [-0.15, -0.1) is 0 Å². The molecule has 0 saturated carbocycles. The van der Waals surface area contributed by atoms with Crippen molar-refractivity contribution >= 4 is 21.9 Å². The quantitative estimate of drug-likeness (QED) is 0.826. The van der Waals surface area contributed by atoms with Gasteiger partial charge in [-0.25, -0.2) is 4.98 Å². The van der Waals surface area contributed by atoms with Crippen LogP contribution < -0.4 is 11.3 Å². The number of nitrogens with two attached hydrogens (primary N) is 1. The van der Waals surface area contributed by atoms with Gasteiger partial charge < -0.3 is 5.73 Å². The van der Waals surface area contributed by atoms with Crippen molar-refractivity contribution in [3.8, 4) is 11.1 Å². The molecule has 1 aromatic carbocycles. The number of hydrogen-bond donors (Lipinski definition) is 2. The molecule has 4 nitrogen and oxygen atoms in total. The third kappa shape index (κ3) is 1.92. The topological polar surface area (TPSA) is 71.8 Å². The summed E-state index contributed by atoms with van der Waals surface area (Å²) in [6, 6.07) is 7.44. The number of rotatable bonds is 1. The SMILES string of the molecule is Nc1ncc(-c2ccccc2Br)c(=O)[nH]1. The van der Waals surface area contributed by atoms with E-state index in [2.05, 4.69) is 25.9 Å². The fourth-order valence-electron chi connectivity index (χ4n) is 1.28. The van der Waals surface area contributed by atoms with Crippen molar-refractivity contribution in [1.29, 1.82) is 0 Å². The van der Waals surface area contributed by atoms with Crippen molar-refractivity contribution in [1.82, 2.24) is 9.97 Å². The van der Waals surface area contributed by atoms with Gasteiger partial charge in [-0.1, -0.05) is 34.1 Å². The number of benzene rings is 1. The molecule has 1 aromatic heterocycles. The van der Waals surface area contributed by atoms with Crippen molar-refractivity contribution < 1.29 is 0 Å². The normalized spacial score (nSPS) is 10.2. The lowest BCUT2D eigenvalue weighted by Gasteiger charge is -2.02. The molecule has 0 spiro atoms. The third-order valence-electron chi connectivity index (χ3n) is 1.98. The molecule has 2 aromatic rings. The van der Waals surface area contributed by atoms with Gasteiger partial charge in [0.25, 0.3) is 5.56 Å². The molecule has 2 rings (SSSR count). The smallest absolute Gasteiger partial charge is 0.260 e. The van der Waals surface area contributed by atoms with Crippen LogP contribution in [0.15, 0.2) is 39.7 Å². The summed E-state index contributed by atoms with van der Waals surface area (Å²) in [6.07, 6.45) is 1.47. The lowest BCUT2D eigenvalue weighted by atomic mass is 10.1. The summed E-state index contributed by atoms with van der Waals surface area (Å²) in [6.45, 7) is 0. The first kappa shape index (κ1) is 9.92. The zero-order valence-electron chi connectivity index (χ0n) is 7.70. The van der Waals surface area contributed by atoms with Crippen LogP contribution in [0.1, 0.15) is 0 Å². The number of aromatic amines is 1. The molecule has 0 aliphatic rings. The number of anilines is 1. The molecule has 0 amide bonds. The van der Waals surface area contributed by atoms with Crippen LogP contribution in [0.2, 0.25) is 0 Å². The summed E-state index contributed by atoms with van der Waals surface area (Å²) in [5, 5.41) is 0. The Hall–Kier alpha value is -1.62. The highest BCUT2D eigenvalue weighted by Gasteiger charge is 2.06. The first-order valence-electron chi connectivity index (χ1n) is 4.28. The number of H-pyrrole nitrogens is 1. The molecule has 3 N–H and O–H groups in total. The van der Waals surface area contributed by atoms with Gasteiger partial charge in [0.15, 0.2) is 5.95 Å². The van der Waals surface area contributed by atoms with Gasteiger partial charge in [0.2, 0.25) is 0 Å². The van der Waals surface area contributed by atoms with Crippen LogP contribution in [-0.2, 0) is 0 Å². The Morgan fingerprint density at radius 1 is 1.27 bits per heavy atom. The maximum absolute atomic E-state index is 11.6. The minimum Gasteiger partial charge on any atom is -0.369 e. The van der Waals surface area contributed by atoms with E-state index in [0.717, 1.165) is 10.0 Å². The van der Waals surface area contributed by atoms with Gasteiger partial charge in [0.05, 0.1) is 5.56 Å². The largest absolute Gasteiger partial charge is 0.369 e. The molecule has 0 aliphatic carbocycles. The van der Waals surface area contributed by atoms with Crippen molar-refractivity contribution in [2.75, 3.05) is 5.73 Å². The number of aromatic nitrogens is 2. The summed E-state index contributed by atoms with van der Waals surface area (Å²) in [4.78, 5) is 17.9. The number of nitrogens with one attached hydrogen (secondary N) is 1. The Morgan fingerprint density at radius 3 is 2.67 bits per heavy atom. The van der Waals surface area contributed by atoms with Crippen LogP contribution in [0.3, 0.4) is 0 Å². The van der Waals surface area contributed by atoms with Gasteiger partial charge in [-0.2, -0.15) is 0 Å². The molecule has 0 fully saturated rings. The van der Waals surface area contributed by atoms with Gasteiger partial charge >= 0.3 is 0 Å². The first-order chi connectivity index (χ1) is 7.18. The van der Waals surface area contributed by atoms with Gasteiger partial charge in [0.1, 0.15) is 0 Å². The summed E-state index contributed by atoms with van der Waals surface area (Å²) >= 11 is 3.37. The molecule has 5 heteroatoms. The van der Waals surface area contributed by atoms with Gasteiger partial charge in [-0.3, -0.25) is 9.78 Å². The molecule has 76 valence electrons. The molecule has 0 aliphatic heterocycles. The minimum absolute atomic E-state index is 0.121. The zero-order valence-corrected chi connectivity index (χ0v) is 9.28. The van der Waals surface area contributed by atoms with E-state index < -0.39 is 0 Å². The average molecular weight is 266 g/mol. The van der Waals surface area contributed by atoms with Crippen LogP contribution in [0, 0.1) is 0 Å². The van der Waals surface area contributed by atoms with E-state index in [1.54, 1.807) is 0 Å². The first-order valence-corrected chi connectivity index (χ1v) is 5.07. The second-order valence-electron chi connectivity index (χ2n) is 2.99. The predicted molar refractivity (Wildman–Crippen MR) is 62.4 cm³/mol. The monoisotopic (exact) mass is 265 g/mol. The van der Waals surface area contributed by atoms with Crippen LogP contribution in [0.5, 0.6) is 0 Å². The molecule has 0 unspecified atom stereocenters. The Labute approximate surface area is 94.3 Å². The Morgan fingerprint density at radius 2 is 2.00 bits per heavy atom. The van der Waals surface area contributed by atoms with Crippen LogP contribution >= 0.6 is 15.9 Å². The van der Waals surface area contributed by atoms with Crippen molar-refractivity contribution in [3.05, 3.63) is 45.3 Å². The average Bonchev–Trinajstić information content (AvgIpc) is 2.20. The molecular formula is C10H8BrN3O. The molecule has 0 radical (unpaired) electrons. The molecule has 0 saturated heterocycles. The van der Waals surface area contributed by atoms with Crippen molar-refractivity contribution in [2.24, 2.45) is 0 Å². The lowest BCUT2D eigenvalue weighted by molar-refractivity contribution is 1.14. The number of hydrogen-bond acceptors (Lipinski definition) is 3. The van der Waals surface area contributed by atoms with Crippen LogP contribution in [0.25, 0.3) is 11.1 Å². The maximum Gasteiger partial charge on any atom is 0.260 e. The second kappa shape index (κ2) is 3.86. The van der Waals surface area contributed by atoms with Gasteiger partial charge in [0, 0.05) is 16.2 Å². The Kier molecular flexibility index (Phi) is 2.55. The highest BCUT2D eigenvalue weighted by Crippen LogP contribution is 2.24. The summed E-state index contributed by atoms with van der Waals surface area (Å²) in [7, 11) is 0. The predicted octanol–water partition coefficient (Wildman–Crippen LogP) is 1.78. The van der Waals surface area contributed by atoms with Crippen molar-refractivity contribution in [3.63, 3.8) is 0 Å². The minimum atomic E-state index is -0.241. The highest BCUT2D eigenvalue weighted by molar-refractivity contribution is 9.10. The van der Waals surface area contributed by atoms with E-state index in [4.69, 9.17) is 5.73 Å². The maximum atomic E-state index is 11.6. The van der Waals surface area contributed by atoms with E-state index in [1.807, 2.05) is 24.3 Å². The van der Waals surface area contributed by atoms with Gasteiger partial charge in [-0.05, 0) is 6.07 Å². The molecule has 0 bridgehead atoms. The molecule has 15 heavy (non-hydrogen) atoms. The second-order valence-corrected chi connectivity index (χ2v) is 3.85. The molecule has 0 atom stereocenters. The summed E-state index contributed by atoms with van der Waals surface area (Å²) in [5.74, 6) is 0.121. The molecule has 1 heterocycles. The Balaban J connectivity index is 2.65. The van der Waals surface area contributed by atoms with Crippen LogP contribution in [-0.4, -0.2) is 9.97 Å². The van der Waals surface area contributed by atoms with E-state index in [9.17, 15) is 4.79 Å². The Bertz CT molecular complexity index is 550. The summed E-state index contributed by atoms with van der Waals surface area (Å²) < 4.78 is 0.849. The van der Waals surface area contributed by atoms with Crippen molar-refractivity contribution in [2.45, 2.75) is 0 Å². The summed E-state index contributed by atoms with van der Waals surface area (Å²) in [5.41, 5.74) is 6.42. The van der Waals surface area contributed by atoms with E-state index in [0.29, 0.717) is 5.56 Å². The third-order valence-corrected chi connectivity index (χ3v) is 2.67. The van der Waals surface area contributed by atoms with Crippen LogP contribution in [0.4, 0.5) is 5.95 Å². The van der Waals surface area contributed by atoms with E-state index >= 15 is 0 Å². The van der Waals surface area contributed by atoms with E-state index in [-0.39, 0.29) is 11.5 Å². The fraction of sp³-hybridized carbons (Fsp3) is 0. The standard InChI is InChI=1S/C10H8BrN3O/c11-8-4-2-1-3-6(8)7-5-13-10(12)14-9(7)15/h1-5H,(H3,12,13,14,15). The highest BCUT2D eigenvalue weighted by atomic mass is 79.9. The number of halogens is 1. The molecular weight excluding hydrogens is 258 g/mol. The lowest BCUT2D eigenvalue weighted by Crippen LogP contribution is -2.12. The number of nitrogen functional groups attached to an aromatic ring is 1. The zero-order chi connectivity index (χ0) is 10.8. The number of nitrogens with zero attached hydrogens (tertiary/aromatic N) is 1. The van der Waals surface area contributed by atoms with E-state index in [1.165, 1.54) is 6.20 Å². The fourth-order valence-corrected chi connectivity index (χ4v) is 1.78.